The molecule has 5 N–H and O–H groups in total. The van der Waals surface area contributed by atoms with E-state index >= 15 is 0 Å². The molecule has 0 radical (unpaired) electrons. The van der Waals surface area contributed by atoms with Gasteiger partial charge in [-0.3, -0.25) is 19.2 Å². The van der Waals surface area contributed by atoms with Gasteiger partial charge in [0.05, 0.1) is 48.0 Å². The molecule has 77 heavy (non-hydrogen) atoms. The van der Waals surface area contributed by atoms with Crippen LogP contribution in [-0.4, -0.2) is 128 Å². The number of ether oxygens (including phenoxy) is 4. The lowest BCUT2D eigenvalue weighted by molar-refractivity contribution is -0.144. The van der Waals surface area contributed by atoms with Crippen LogP contribution in [0.5, 0.6) is 11.5 Å². The summed E-state index contributed by atoms with van der Waals surface area (Å²) in [6, 6.07) is 20.6. The van der Waals surface area contributed by atoms with Gasteiger partial charge in [0.15, 0.2) is 11.6 Å². The molecule has 0 unspecified atom stereocenters. The molecule has 4 atom stereocenters. The number of nitrogens with one attached hydrogen (secondary N) is 4. The van der Waals surface area contributed by atoms with Crippen molar-refractivity contribution >= 4 is 40.7 Å². The molecule has 0 spiro atoms. The van der Waals surface area contributed by atoms with Gasteiger partial charge in [0.25, 0.3) is 5.91 Å². The van der Waals surface area contributed by atoms with E-state index in [1.54, 1.807) is 29.7 Å². The predicted octanol–water partition coefficient (Wildman–Crippen LogP) is 6.35. The zero-order valence-corrected chi connectivity index (χ0v) is 45.1. The molecular formula is C56H69N11O9S. The van der Waals surface area contributed by atoms with E-state index < -0.39 is 35.4 Å². The maximum atomic E-state index is 14.0. The van der Waals surface area contributed by atoms with E-state index in [1.807, 2.05) is 105 Å². The van der Waals surface area contributed by atoms with Gasteiger partial charge in [-0.25, -0.2) is 15.0 Å². The molecule has 3 aromatic heterocycles. The number of carbonyl (C=O) groups is 4. The summed E-state index contributed by atoms with van der Waals surface area (Å²) in [6.07, 6.45) is 6.14. The molecule has 0 aliphatic carbocycles. The van der Waals surface area contributed by atoms with Gasteiger partial charge in [-0.2, -0.15) is 0 Å². The van der Waals surface area contributed by atoms with E-state index in [0.717, 1.165) is 58.0 Å². The summed E-state index contributed by atoms with van der Waals surface area (Å²) in [5, 5.41) is 31.5. The smallest absolute Gasteiger partial charge is 0.251 e. The van der Waals surface area contributed by atoms with Crippen LogP contribution in [0.4, 0.5) is 5.69 Å². The van der Waals surface area contributed by atoms with Crippen LogP contribution in [0.1, 0.15) is 98.3 Å². The van der Waals surface area contributed by atoms with Gasteiger partial charge in [0, 0.05) is 75.8 Å². The van der Waals surface area contributed by atoms with Crippen molar-refractivity contribution in [2.75, 3.05) is 51.5 Å². The number of amides is 4. The summed E-state index contributed by atoms with van der Waals surface area (Å²) in [5.74, 6) is 1.31. The van der Waals surface area contributed by atoms with Crippen molar-refractivity contribution in [2.45, 2.75) is 104 Å². The molecule has 0 bridgehead atoms. The van der Waals surface area contributed by atoms with E-state index in [9.17, 15) is 24.3 Å². The van der Waals surface area contributed by atoms with Crippen LogP contribution in [0, 0.1) is 12.3 Å². The van der Waals surface area contributed by atoms with Crippen molar-refractivity contribution in [3.05, 3.63) is 119 Å². The Morgan fingerprint density at radius 2 is 1.71 bits per heavy atom. The summed E-state index contributed by atoms with van der Waals surface area (Å²) in [6.45, 7) is 10.2. The first kappa shape index (κ1) is 55.9. The number of rotatable bonds is 25. The highest BCUT2D eigenvalue weighted by Crippen LogP contribution is 2.36. The van der Waals surface area contributed by atoms with Crippen molar-refractivity contribution < 1.29 is 43.2 Å². The largest absolute Gasteiger partial charge is 0.494 e. The quantitative estimate of drug-likeness (QED) is 0.0392. The van der Waals surface area contributed by atoms with Crippen LogP contribution in [0.2, 0.25) is 0 Å². The predicted molar refractivity (Wildman–Crippen MR) is 290 cm³/mol. The third-order valence-electron chi connectivity index (χ3n) is 13.4. The molecule has 8 rings (SSSR count). The number of hydrogen-bond donors (Lipinski definition) is 5. The Labute approximate surface area is 452 Å². The number of hydrogen-bond acceptors (Lipinski definition) is 16. The minimum Gasteiger partial charge on any atom is -0.494 e. The van der Waals surface area contributed by atoms with Crippen LogP contribution in [0.15, 0.2) is 90.8 Å². The molecule has 6 aromatic rings. The molecule has 5 heterocycles. The molecule has 3 aromatic carbocycles. The molecule has 2 aliphatic rings. The van der Waals surface area contributed by atoms with Crippen molar-refractivity contribution in [3.63, 3.8) is 0 Å². The maximum Gasteiger partial charge on any atom is 0.251 e. The Morgan fingerprint density at radius 1 is 0.909 bits per heavy atom. The molecule has 2 aliphatic heterocycles. The number of nitrogens with zero attached hydrogens (tertiary/aromatic N) is 7. The number of β-amino-alcohol motifs (C(OH)–C–C–N with tert-alkyl or cyclic N) is 1. The van der Waals surface area contributed by atoms with Gasteiger partial charge in [-0.05, 0) is 91.6 Å². The third kappa shape index (κ3) is 15.2. The fraction of sp³-hybridized carbons (Fsp3) is 0.446. The SMILES string of the molecule is Cc1ncsc1-c1ccc(CNC(=O)[C@@H]2C[C@@H](O)CN2C(=O)[C@@H](NC(=O)COCCCOCCCCCOc2ccc3c(c2)[C@@H](NC(=O)c2cccc(NCc4nnc(-c5ccncn5)n4C)c2)CCO3)C(C)(C)C)cc1. The second kappa shape index (κ2) is 26.6. The van der Waals surface area contributed by atoms with Crippen LogP contribution in [0.25, 0.3) is 22.0 Å². The summed E-state index contributed by atoms with van der Waals surface area (Å²) < 4.78 is 25.4. The standard InChI is InChI=1S/C56H69N11O9S/c1-36-50(77-35-61-36)38-15-13-37(14-16-38)30-59-54(71)46-28-41(68)32-67(46)55(72)51(56(2,3)4)63-49(69)33-74-24-10-23-73-22-7-6-8-25-75-42-17-18-47-43(29-42)44(20-26-76-47)62-53(70)39-11-9-12-40(27-39)58-31-48-64-65-52(66(48)5)45-19-21-57-34-60-45/h9,11-19,21,27,29,34-35,41,44,46,51,58,68H,6-8,10,20,22-26,28,30-33H2,1-5H3,(H,59,71)(H,62,70)(H,63,69)/t41-,44+,46+,51-/m1/s1. The lowest BCUT2D eigenvalue weighted by Crippen LogP contribution is -2.58. The van der Waals surface area contributed by atoms with Gasteiger partial charge in [-0.15, -0.1) is 21.5 Å². The minimum absolute atomic E-state index is 0.0117. The first-order valence-electron chi connectivity index (χ1n) is 26.1. The fourth-order valence-electron chi connectivity index (χ4n) is 9.15. The highest BCUT2D eigenvalue weighted by molar-refractivity contribution is 7.13. The highest BCUT2D eigenvalue weighted by Gasteiger charge is 2.44. The first-order valence-corrected chi connectivity index (χ1v) is 27.0. The van der Waals surface area contributed by atoms with E-state index in [2.05, 4.69) is 46.4 Å². The van der Waals surface area contributed by atoms with E-state index in [1.165, 1.54) is 11.2 Å². The summed E-state index contributed by atoms with van der Waals surface area (Å²) in [5.41, 5.74) is 6.86. The number of benzene rings is 3. The zero-order chi connectivity index (χ0) is 54.3. The molecule has 21 heteroatoms. The number of aliphatic hydroxyl groups is 1. The number of thiazole rings is 1. The molecule has 408 valence electrons. The van der Waals surface area contributed by atoms with Gasteiger partial charge >= 0.3 is 0 Å². The normalized spacial score (nSPS) is 16.5. The van der Waals surface area contributed by atoms with Gasteiger partial charge in [-0.1, -0.05) is 51.1 Å². The summed E-state index contributed by atoms with van der Waals surface area (Å²) >= 11 is 1.57. The van der Waals surface area contributed by atoms with Crippen molar-refractivity contribution in [1.29, 1.82) is 0 Å². The molecule has 1 fully saturated rings. The lowest BCUT2D eigenvalue weighted by atomic mass is 9.85. The van der Waals surface area contributed by atoms with Crippen molar-refractivity contribution in [3.8, 4) is 33.5 Å². The van der Waals surface area contributed by atoms with E-state index in [0.29, 0.717) is 81.1 Å². The Morgan fingerprint density at radius 3 is 2.49 bits per heavy atom. The molecular weight excluding hydrogens is 1000 g/mol. The summed E-state index contributed by atoms with van der Waals surface area (Å²) in [4.78, 5) is 69.1. The van der Waals surface area contributed by atoms with Gasteiger partial charge in [0.1, 0.15) is 42.2 Å². The second-order valence-corrected chi connectivity index (χ2v) is 21.1. The fourth-order valence-corrected chi connectivity index (χ4v) is 9.96. The molecule has 1 saturated heterocycles. The lowest BCUT2D eigenvalue weighted by Gasteiger charge is -2.35. The number of aryl methyl sites for hydroxylation is 1. The highest BCUT2D eigenvalue weighted by atomic mass is 32.1. The van der Waals surface area contributed by atoms with Crippen LogP contribution < -0.4 is 30.7 Å². The monoisotopic (exact) mass is 1070 g/mol. The number of fused-ring (bicyclic) bond motifs is 1. The molecule has 4 amide bonds. The Hall–Kier alpha value is -7.33. The number of anilines is 1. The van der Waals surface area contributed by atoms with E-state index in [-0.39, 0.29) is 44.0 Å². The van der Waals surface area contributed by atoms with Gasteiger partial charge in [0.2, 0.25) is 17.7 Å². The third-order valence-corrected chi connectivity index (χ3v) is 14.4. The number of aromatic nitrogens is 6. The average Bonchev–Trinajstić information content (AvgIpc) is 4.17. The number of likely N-dealkylation sites (tertiary alicyclic amines) is 1. The second-order valence-electron chi connectivity index (χ2n) is 20.3. The zero-order valence-electron chi connectivity index (χ0n) is 44.3. The van der Waals surface area contributed by atoms with Crippen LogP contribution in [0.3, 0.4) is 0 Å². The average molecular weight is 1070 g/mol. The number of carbonyl (C=O) groups excluding carboxylic acids is 4. The van der Waals surface area contributed by atoms with Crippen LogP contribution in [-0.2, 0) is 44.0 Å². The first-order chi connectivity index (χ1) is 37.2. The van der Waals surface area contributed by atoms with Crippen LogP contribution >= 0.6 is 11.3 Å². The summed E-state index contributed by atoms with van der Waals surface area (Å²) in [7, 11) is 1.88. The molecule has 0 saturated carbocycles. The number of aliphatic hydroxyl groups excluding tert-OH is 1. The number of unbranched alkanes of at least 4 members (excludes halogenated alkanes) is 2. The van der Waals surface area contributed by atoms with E-state index in [4.69, 9.17) is 18.9 Å². The Kier molecular flexibility index (Phi) is 19.3. The Bertz CT molecular complexity index is 2930. The van der Waals surface area contributed by atoms with Crippen molar-refractivity contribution in [2.24, 2.45) is 12.5 Å². The van der Waals surface area contributed by atoms with Gasteiger partial charge < -0.3 is 54.8 Å². The molecule has 20 nitrogen and oxygen atoms in total. The Balaban J connectivity index is 0.689. The minimum atomic E-state index is -0.954. The topological polar surface area (TPSA) is 246 Å². The van der Waals surface area contributed by atoms with Crippen molar-refractivity contribution in [1.82, 2.24) is 50.6 Å². The maximum absolute atomic E-state index is 14.0.